The van der Waals surface area contributed by atoms with Crippen molar-refractivity contribution in [3.8, 4) is 0 Å². The van der Waals surface area contributed by atoms with E-state index in [2.05, 4.69) is 19.2 Å². The Morgan fingerprint density at radius 1 is 1.31 bits per heavy atom. The van der Waals surface area contributed by atoms with Crippen LogP contribution >= 0.6 is 11.6 Å². The average Bonchev–Trinajstić information content (AvgIpc) is 2.21. The lowest BCUT2D eigenvalue weighted by molar-refractivity contribution is 0.449. The van der Waals surface area contributed by atoms with Gasteiger partial charge in [0.1, 0.15) is 5.82 Å². The zero-order valence-corrected chi connectivity index (χ0v) is 10.8. The summed E-state index contributed by atoms with van der Waals surface area (Å²) in [5, 5.41) is 3.60. The van der Waals surface area contributed by atoms with E-state index in [0.29, 0.717) is 16.5 Å². The van der Waals surface area contributed by atoms with E-state index in [4.69, 9.17) is 11.6 Å². The largest absolute Gasteiger partial charge is 0.313 e. The van der Waals surface area contributed by atoms with Gasteiger partial charge in [0.05, 0.1) is 0 Å². The molecule has 1 rings (SSSR count). The van der Waals surface area contributed by atoms with Crippen LogP contribution in [0.5, 0.6) is 0 Å². The Morgan fingerprint density at radius 3 is 2.50 bits per heavy atom. The quantitative estimate of drug-likeness (QED) is 0.818. The molecule has 0 fully saturated rings. The molecule has 0 aliphatic carbocycles. The third-order valence-electron chi connectivity index (χ3n) is 2.72. The Hall–Kier alpha value is -0.600. The first kappa shape index (κ1) is 13.5. The second-order valence-corrected chi connectivity index (χ2v) is 4.91. The molecule has 1 atom stereocenters. The summed E-state index contributed by atoms with van der Waals surface area (Å²) < 4.78 is 13.7. The first-order valence-corrected chi connectivity index (χ1v) is 6.04. The van der Waals surface area contributed by atoms with Crippen molar-refractivity contribution in [3.05, 3.63) is 34.6 Å². The average molecular weight is 244 g/mol. The summed E-state index contributed by atoms with van der Waals surface area (Å²) in [4.78, 5) is 0. The highest BCUT2D eigenvalue weighted by Crippen LogP contribution is 2.25. The minimum atomic E-state index is -0.226. The predicted molar refractivity (Wildman–Crippen MR) is 67.3 cm³/mol. The zero-order chi connectivity index (χ0) is 12.1. The van der Waals surface area contributed by atoms with Crippen molar-refractivity contribution in [1.29, 1.82) is 0 Å². The molecule has 0 aliphatic heterocycles. The van der Waals surface area contributed by atoms with Crippen molar-refractivity contribution in [3.63, 3.8) is 0 Å². The molecule has 0 aromatic heterocycles. The van der Waals surface area contributed by atoms with Crippen molar-refractivity contribution in [2.24, 2.45) is 5.92 Å². The zero-order valence-electron chi connectivity index (χ0n) is 10.1. The molecule has 16 heavy (non-hydrogen) atoms. The van der Waals surface area contributed by atoms with Gasteiger partial charge in [0.15, 0.2) is 0 Å². The minimum Gasteiger partial charge on any atom is -0.313 e. The topological polar surface area (TPSA) is 12.0 Å². The maximum absolute atomic E-state index is 13.7. The summed E-state index contributed by atoms with van der Waals surface area (Å²) in [6, 6.07) is 4.94. The molecule has 3 heteroatoms. The lowest BCUT2D eigenvalue weighted by atomic mass is 9.97. The van der Waals surface area contributed by atoms with E-state index in [0.717, 1.165) is 12.8 Å². The lowest BCUT2D eigenvalue weighted by Gasteiger charge is -2.18. The van der Waals surface area contributed by atoms with Crippen LogP contribution in [-0.4, -0.2) is 7.05 Å². The second-order valence-electron chi connectivity index (χ2n) is 4.48. The molecular formula is C13H19ClFN. The number of benzene rings is 1. The molecule has 0 saturated carbocycles. The van der Waals surface area contributed by atoms with Crippen LogP contribution < -0.4 is 5.32 Å². The molecule has 90 valence electrons. The highest BCUT2D eigenvalue weighted by atomic mass is 35.5. The molecule has 1 aromatic carbocycles. The van der Waals surface area contributed by atoms with E-state index >= 15 is 0 Å². The molecule has 0 bridgehead atoms. The maximum Gasteiger partial charge on any atom is 0.129 e. The number of rotatable bonds is 5. The molecule has 1 N–H and O–H groups in total. The van der Waals surface area contributed by atoms with Crippen LogP contribution in [0.4, 0.5) is 4.39 Å². The summed E-state index contributed by atoms with van der Waals surface area (Å²) >= 11 is 5.73. The van der Waals surface area contributed by atoms with Crippen molar-refractivity contribution in [1.82, 2.24) is 5.32 Å². The minimum absolute atomic E-state index is 0.0691. The lowest BCUT2D eigenvalue weighted by Crippen LogP contribution is -2.18. The smallest absolute Gasteiger partial charge is 0.129 e. The summed E-state index contributed by atoms with van der Waals surface area (Å²) in [5.41, 5.74) is 0.701. The fourth-order valence-corrected chi connectivity index (χ4v) is 1.90. The normalized spacial score (nSPS) is 13.1. The molecular weight excluding hydrogens is 225 g/mol. The van der Waals surface area contributed by atoms with Gasteiger partial charge in [0, 0.05) is 16.6 Å². The monoisotopic (exact) mass is 243 g/mol. The van der Waals surface area contributed by atoms with Crippen molar-refractivity contribution < 1.29 is 4.39 Å². The Balaban J connectivity index is 2.78. The Kier molecular flexibility index (Phi) is 5.23. The van der Waals surface area contributed by atoms with Crippen LogP contribution in [0.15, 0.2) is 18.2 Å². The van der Waals surface area contributed by atoms with E-state index in [-0.39, 0.29) is 11.9 Å². The van der Waals surface area contributed by atoms with Gasteiger partial charge >= 0.3 is 0 Å². The summed E-state index contributed by atoms with van der Waals surface area (Å²) in [5.74, 6) is 0.404. The summed E-state index contributed by atoms with van der Waals surface area (Å²) in [7, 11) is 1.86. The van der Waals surface area contributed by atoms with Gasteiger partial charge < -0.3 is 5.32 Å². The Labute approximate surface area is 102 Å². The fraction of sp³-hybridized carbons (Fsp3) is 0.538. The van der Waals surface area contributed by atoms with E-state index < -0.39 is 0 Å². The van der Waals surface area contributed by atoms with Gasteiger partial charge in [-0.05, 0) is 37.9 Å². The third-order valence-corrected chi connectivity index (χ3v) is 2.95. The van der Waals surface area contributed by atoms with Crippen molar-refractivity contribution in [2.75, 3.05) is 7.05 Å². The third kappa shape index (κ3) is 3.76. The van der Waals surface area contributed by atoms with Crippen LogP contribution in [0.1, 0.15) is 38.3 Å². The van der Waals surface area contributed by atoms with Crippen molar-refractivity contribution in [2.45, 2.75) is 32.7 Å². The number of nitrogens with one attached hydrogen (secondary N) is 1. The molecule has 1 aromatic rings. The first-order valence-electron chi connectivity index (χ1n) is 5.66. The molecule has 1 nitrogen and oxygen atoms in total. The second kappa shape index (κ2) is 6.21. The van der Waals surface area contributed by atoms with Crippen LogP contribution in [0.25, 0.3) is 0 Å². The number of halogens is 2. The van der Waals surface area contributed by atoms with Crippen molar-refractivity contribution >= 4 is 11.6 Å². The Bertz CT molecular complexity index is 339. The van der Waals surface area contributed by atoms with Gasteiger partial charge in [-0.2, -0.15) is 0 Å². The molecule has 0 amide bonds. The van der Waals surface area contributed by atoms with Gasteiger partial charge in [-0.25, -0.2) is 4.39 Å². The van der Waals surface area contributed by atoms with Gasteiger partial charge in [-0.1, -0.05) is 31.5 Å². The number of hydrogen-bond acceptors (Lipinski definition) is 1. The van der Waals surface area contributed by atoms with E-state index in [9.17, 15) is 4.39 Å². The van der Waals surface area contributed by atoms with E-state index in [1.54, 1.807) is 12.1 Å². The van der Waals surface area contributed by atoms with Gasteiger partial charge in [0.2, 0.25) is 0 Å². The van der Waals surface area contributed by atoms with Gasteiger partial charge in [-0.3, -0.25) is 0 Å². The first-order chi connectivity index (χ1) is 7.54. The molecule has 0 heterocycles. The van der Waals surface area contributed by atoms with E-state index in [1.807, 2.05) is 7.05 Å². The highest BCUT2D eigenvalue weighted by Gasteiger charge is 2.14. The SMILES string of the molecule is CNC(CCC(C)C)c1ccc(Cl)cc1F. The molecule has 0 saturated heterocycles. The highest BCUT2D eigenvalue weighted by molar-refractivity contribution is 6.30. The molecule has 1 unspecified atom stereocenters. The molecule has 0 aliphatic rings. The standard InChI is InChI=1S/C13H19ClFN/c1-9(2)4-7-13(16-3)11-6-5-10(14)8-12(11)15/h5-6,8-9,13,16H,4,7H2,1-3H3. The van der Waals surface area contributed by atoms with Gasteiger partial charge in [-0.15, -0.1) is 0 Å². The summed E-state index contributed by atoms with van der Waals surface area (Å²) in [6.45, 7) is 4.34. The van der Waals surface area contributed by atoms with Crippen LogP contribution in [0.2, 0.25) is 5.02 Å². The molecule has 0 radical (unpaired) electrons. The number of hydrogen-bond donors (Lipinski definition) is 1. The maximum atomic E-state index is 13.7. The summed E-state index contributed by atoms with van der Waals surface area (Å²) in [6.07, 6.45) is 2.01. The van der Waals surface area contributed by atoms with Gasteiger partial charge in [0.25, 0.3) is 0 Å². The molecule has 0 spiro atoms. The predicted octanol–water partition coefficient (Wildman–Crippen LogP) is 4.18. The van der Waals surface area contributed by atoms with Crippen LogP contribution in [0.3, 0.4) is 0 Å². The Morgan fingerprint density at radius 2 is 2.00 bits per heavy atom. The van der Waals surface area contributed by atoms with Crippen LogP contribution in [0, 0.1) is 11.7 Å². The van der Waals surface area contributed by atoms with Crippen LogP contribution in [-0.2, 0) is 0 Å². The van der Waals surface area contributed by atoms with E-state index in [1.165, 1.54) is 6.07 Å². The fourth-order valence-electron chi connectivity index (χ4n) is 1.74.